The molecule has 0 aliphatic carbocycles. The Hall–Kier alpha value is -2.06. The Balaban J connectivity index is 0.000000143. The van der Waals surface area contributed by atoms with Crippen molar-refractivity contribution in [2.45, 2.75) is 12.6 Å². The Morgan fingerprint density at radius 3 is 2.12 bits per heavy atom. The van der Waals surface area contributed by atoms with Crippen molar-refractivity contribution in [3.8, 4) is 0 Å². The molecule has 0 spiro atoms. The maximum atomic E-state index is 11.1. The molecule has 2 fully saturated rings. The molecule has 4 heterocycles. The third kappa shape index (κ3) is 4.27. The van der Waals surface area contributed by atoms with E-state index in [1.165, 1.54) is 10.6 Å². The van der Waals surface area contributed by atoms with Crippen molar-refractivity contribution in [1.82, 2.24) is 9.55 Å². The minimum Gasteiger partial charge on any atom is -0.346 e. The molecule has 2 aromatic rings. The number of aromatic nitrogens is 2. The molecule has 0 amide bonds. The van der Waals surface area contributed by atoms with Crippen LogP contribution in [0.15, 0.2) is 47.7 Å². The van der Waals surface area contributed by atoms with E-state index in [0.717, 1.165) is 11.1 Å². The minimum absolute atomic E-state index is 0.0262. The molecule has 24 heavy (non-hydrogen) atoms. The van der Waals surface area contributed by atoms with Crippen LogP contribution in [0.3, 0.4) is 0 Å². The van der Waals surface area contributed by atoms with Crippen molar-refractivity contribution in [3.05, 3.63) is 64.3 Å². The van der Waals surface area contributed by atoms with Gasteiger partial charge in [-0.2, -0.15) is 0 Å². The van der Waals surface area contributed by atoms with Crippen molar-refractivity contribution >= 4 is 0 Å². The van der Waals surface area contributed by atoms with Gasteiger partial charge < -0.3 is 23.5 Å². The van der Waals surface area contributed by atoms with Crippen molar-refractivity contribution in [1.29, 1.82) is 0 Å². The summed E-state index contributed by atoms with van der Waals surface area (Å²) in [7, 11) is 1.71. The smallest absolute Gasteiger partial charge is 0.250 e. The fraction of sp³-hybridized carbons (Fsp3) is 0.412. The maximum absolute atomic E-state index is 11.1. The van der Waals surface area contributed by atoms with E-state index in [0.29, 0.717) is 26.4 Å². The molecule has 0 atom stereocenters. The van der Waals surface area contributed by atoms with Crippen LogP contribution < -0.4 is 5.56 Å². The Morgan fingerprint density at radius 2 is 1.58 bits per heavy atom. The monoisotopic (exact) mass is 332 g/mol. The third-order valence-corrected chi connectivity index (χ3v) is 3.58. The van der Waals surface area contributed by atoms with E-state index in [2.05, 4.69) is 4.98 Å². The van der Waals surface area contributed by atoms with E-state index in [9.17, 15) is 4.79 Å². The topological polar surface area (TPSA) is 71.8 Å². The molecule has 2 aliphatic rings. The first-order valence-corrected chi connectivity index (χ1v) is 7.77. The first kappa shape index (κ1) is 16.8. The predicted octanol–water partition coefficient (Wildman–Crippen LogP) is 1.56. The molecule has 0 unspecified atom stereocenters. The van der Waals surface area contributed by atoms with Gasteiger partial charge in [0.1, 0.15) is 0 Å². The van der Waals surface area contributed by atoms with Gasteiger partial charge in [0, 0.05) is 42.8 Å². The summed E-state index contributed by atoms with van der Waals surface area (Å²) >= 11 is 0. The fourth-order valence-electron chi connectivity index (χ4n) is 2.37. The predicted molar refractivity (Wildman–Crippen MR) is 85.2 cm³/mol. The highest BCUT2D eigenvalue weighted by molar-refractivity contribution is 5.12. The van der Waals surface area contributed by atoms with E-state index in [4.69, 9.17) is 18.9 Å². The van der Waals surface area contributed by atoms with E-state index >= 15 is 0 Å². The van der Waals surface area contributed by atoms with Gasteiger partial charge in [0.15, 0.2) is 12.6 Å². The van der Waals surface area contributed by atoms with E-state index < -0.39 is 0 Å². The number of nitrogens with zero attached hydrogens (tertiary/aromatic N) is 2. The Kier molecular flexibility index (Phi) is 5.71. The van der Waals surface area contributed by atoms with Crippen LogP contribution in [0.2, 0.25) is 0 Å². The van der Waals surface area contributed by atoms with Crippen molar-refractivity contribution < 1.29 is 18.9 Å². The van der Waals surface area contributed by atoms with Crippen molar-refractivity contribution in [2.75, 3.05) is 26.4 Å². The van der Waals surface area contributed by atoms with Gasteiger partial charge in [0.2, 0.25) is 5.56 Å². The highest BCUT2D eigenvalue weighted by Crippen LogP contribution is 2.22. The largest absolute Gasteiger partial charge is 0.346 e. The van der Waals surface area contributed by atoms with Crippen LogP contribution in [0.1, 0.15) is 23.7 Å². The van der Waals surface area contributed by atoms with Gasteiger partial charge in [0.05, 0.1) is 26.4 Å². The molecule has 0 radical (unpaired) electrons. The highest BCUT2D eigenvalue weighted by Gasteiger charge is 2.18. The van der Waals surface area contributed by atoms with Crippen LogP contribution in [0.25, 0.3) is 0 Å². The van der Waals surface area contributed by atoms with Crippen LogP contribution in [-0.2, 0) is 26.0 Å². The number of hydrogen-bond acceptors (Lipinski definition) is 6. The zero-order valence-electron chi connectivity index (χ0n) is 13.5. The molecule has 2 aromatic heterocycles. The Bertz CT molecular complexity index is 692. The van der Waals surface area contributed by atoms with E-state index in [-0.39, 0.29) is 18.1 Å². The molecule has 0 aromatic carbocycles. The van der Waals surface area contributed by atoms with Crippen LogP contribution in [0, 0.1) is 0 Å². The molecule has 0 saturated carbocycles. The lowest BCUT2D eigenvalue weighted by atomic mass is 10.3. The van der Waals surface area contributed by atoms with Gasteiger partial charge in [-0.05, 0) is 12.1 Å². The van der Waals surface area contributed by atoms with Crippen LogP contribution in [0.4, 0.5) is 0 Å². The molecule has 0 N–H and O–H groups in total. The molecule has 2 saturated heterocycles. The van der Waals surface area contributed by atoms with Gasteiger partial charge in [0.25, 0.3) is 0 Å². The second-order valence-corrected chi connectivity index (χ2v) is 5.34. The van der Waals surface area contributed by atoms with Gasteiger partial charge in [-0.25, -0.2) is 0 Å². The second kappa shape index (κ2) is 8.16. The Morgan fingerprint density at radius 1 is 0.958 bits per heavy atom. The number of hydrogen-bond donors (Lipinski definition) is 0. The number of rotatable bonds is 2. The highest BCUT2D eigenvalue weighted by atomic mass is 16.7. The number of ether oxygens (including phenoxy) is 4. The summed E-state index contributed by atoms with van der Waals surface area (Å²) < 4.78 is 22.7. The van der Waals surface area contributed by atoms with Gasteiger partial charge in [-0.1, -0.05) is 6.07 Å². The number of pyridine rings is 2. The summed E-state index contributed by atoms with van der Waals surface area (Å²) in [6.07, 6.45) is 4.74. The lowest BCUT2D eigenvalue weighted by Crippen LogP contribution is -2.16. The van der Waals surface area contributed by atoms with E-state index in [1.54, 1.807) is 31.7 Å². The fourth-order valence-corrected chi connectivity index (χ4v) is 2.37. The lowest BCUT2D eigenvalue weighted by molar-refractivity contribution is -0.0446. The SMILES string of the molecule is Cn1cc(C2OCCO2)ccc1=O.c1cncc(C2OCCO2)c1. The molecule has 2 aliphatic heterocycles. The molecule has 7 nitrogen and oxygen atoms in total. The van der Waals surface area contributed by atoms with Crippen molar-refractivity contribution in [3.63, 3.8) is 0 Å². The molecule has 0 bridgehead atoms. The first-order valence-electron chi connectivity index (χ1n) is 7.77. The average Bonchev–Trinajstić information content (AvgIpc) is 3.32. The van der Waals surface area contributed by atoms with Gasteiger partial charge >= 0.3 is 0 Å². The molecular weight excluding hydrogens is 312 g/mol. The summed E-state index contributed by atoms with van der Waals surface area (Å²) in [4.78, 5) is 15.0. The normalized spacial score (nSPS) is 18.4. The zero-order chi connectivity index (χ0) is 16.8. The van der Waals surface area contributed by atoms with Crippen LogP contribution in [0.5, 0.6) is 0 Å². The molecule has 128 valence electrons. The summed E-state index contributed by atoms with van der Waals surface area (Å²) in [6.45, 7) is 2.60. The lowest BCUT2D eigenvalue weighted by Gasteiger charge is -2.09. The van der Waals surface area contributed by atoms with Crippen LogP contribution >= 0.6 is 0 Å². The van der Waals surface area contributed by atoms with Gasteiger partial charge in [-0.3, -0.25) is 9.78 Å². The first-order chi connectivity index (χ1) is 11.7. The van der Waals surface area contributed by atoms with E-state index in [1.807, 2.05) is 12.1 Å². The summed E-state index contributed by atoms with van der Waals surface area (Å²) in [5.74, 6) is 0. The van der Waals surface area contributed by atoms with Crippen molar-refractivity contribution in [2.24, 2.45) is 7.05 Å². The summed E-state index contributed by atoms with van der Waals surface area (Å²) in [6, 6.07) is 7.07. The molecule has 4 rings (SSSR count). The third-order valence-electron chi connectivity index (χ3n) is 3.58. The van der Waals surface area contributed by atoms with Crippen LogP contribution in [-0.4, -0.2) is 36.0 Å². The number of aryl methyl sites for hydroxylation is 1. The minimum atomic E-state index is -0.299. The zero-order valence-corrected chi connectivity index (χ0v) is 13.5. The quantitative estimate of drug-likeness (QED) is 0.831. The summed E-state index contributed by atoms with van der Waals surface area (Å²) in [5, 5.41) is 0. The summed E-state index contributed by atoms with van der Waals surface area (Å²) in [5.41, 5.74) is 1.85. The van der Waals surface area contributed by atoms with Gasteiger partial charge in [-0.15, -0.1) is 0 Å². The average molecular weight is 332 g/mol. The molecule has 7 heteroatoms. The second-order valence-electron chi connectivity index (χ2n) is 5.34. The standard InChI is InChI=1S/C9H11NO3.C8H9NO2/c1-10-6-7(2-3-8(10)11)9-12-4-5-13-9;1-2-7(6-9-3-1)8-10-4-5-11-8/h2-3,6,9H,4-5H2,1H3;1-3,6,8H,4-5H2. The Labute approximate surface area is 139 Å². The molecular formula is C17H20N2O5. The maximum Gasteiger partial charge on any atom is 0.250 e.